The molecule has 0 aromatic carbocycles. The van der Waals surface area contributed by atoms with Crippen LogP contribution in [0.25, 0.3) is 0 Å². The van der Waals surface area contributed by atoms with E-state index in [1.54, 1.807) is 30.9 Å². The molecule has 0 amide bonds. The number of hydrogen-bond donors (Lipinski definition) is 0. The van der Waals surface area contributed by atoms with Crippen molar-refractivity contribution in [2.75, 3.05) is 0 Å². The van der Waals surface area contributed by atoms with E-state index < -0.39 is 0 Å². The minimum atomic E-state index is -0.0920. The summed E-state index contributed by atoms with van der Waals surface area (Å²) in [5.74, 6) is -0.0920. The maximum Gasteiger partial charge on any atom is 0.208 e. The van der Waals surface area contributed by atoms with E-state index in [-0.39, 0.29) is 5.78 Å². The average molecular weight is 150 g/mol. The van der Waals surface area contributed by atoms with Gasteiger partial charge >= 0.3 is 0 Å². The summed E-state index contributed by atoms with van der Waals surface area (Å²) in [4.78, 5) is 11.2. The van der Waals surface area contributed by atoms with Crippen LogP contribution in [-0.2, 0) is 7.05 Å². The highest BCUT2D eigenvalue weighted by atomic mass is 16.1. The van der Waals surface area contributed by atoms with E-state index in [4.69, 9.17) is 0 Å². The average Bonchev–Trinajstić information content (AvgIpc) is 2.34. The van der Waals surface area contributed by atoms with E-state index in [0.717, 1.165) is 0 Å². The predicted octanol–water partition coefficient (Wildman–Crippen LogP) is 1.18. The summed E-state index contributed by atoms with van der Waals surface area (Å²) in [6, 6.07) is 1.68. The van der Waals surface area contributed by atoms with Gasteiger partial charge in [-0.2, -0.15) is 5.10 Å². The molecule has 0 aliphatic rings. The lowest BCUT2D eigenvalue weighted by atomic mass is 10.2. The minimum absolute atomic E-state index is 0.0920. The molecule has 11 heavy (non-hydrogen) atoms. The fourth-order valence-corrected chi connectivity index (χ4v) is 0.755. The molecule has 0 saturated heterocycles. The van der Waals surface area contributed by atoms with Crippen LogP contribution in [-0.4, -0.2) is 15.6 Å². The van der Waals surface area contributed by atoms with Crippen molar-refractivity contribution in [2.45, 2.75) is 6.92 Å². The first-order valence-corrected chi connectivity index (χ1v) is 3.31. The van der Waals surface area contributed by atoms with Crippen molar-refractivity contribution < 1.29 is 4.79 Å². The Morgan fingerprint density at radius 3 is 2.73 bits per heavy atom. The van der Waals surface area contributed by atoms with E-state index >= 15 is 0 Å². The summed E-state index contributed by atoms with van der Waals surface area (Å²) in [6.45, 7) is 5.22. The topological polar surface area (TPSA) is 34.9 Å². The van der Waals surface area contributed by atoms with Gasteiger partial charge in [0.2, 0.25) is 5.78 Å². The fourth-order valence-electron chi connectivity index (χ4n) is 0.755. The van der Waals surface area contributed by atoms with Crippen LogP contribution in [0.5, 0.6) is 0 Å². The molecule has 0 N–H and O–H groups in total. The van der Waals surface area contributed by atoms with Crippen LogP contribution < -0.4 is 0 Å². The highest BCUT2D eigenvalue weighted by Crippen LogP contribution is 2.02. The van der Waals surface area contributed by atoms with Gasteiger partial charge < -0.3 is 0 Å². The van der Waals surface area contributed by atoms with Crippen LogP contribution in [0, 0.1) is 0 Å². The second-order valence-corrected chi connectivity index (χ2v) is 2.48. The molecule has 0 saturated carbocycles. The van der Waals surface area contributed by atoms with Crippen molar-refractivity contribution >= 4 is 5.78 Å². The summed E-state index contributed by atoms with van der Waals surface area (Å²) in [7, 11) is 1.77. The third-order valence-corrected chi connectivity index (χ3v) is 1.33. The molecule has 0 fully saturated rings. The molecule has 0 aliphatic carbocycles. The minimum Gasteiger partial charge on any atom is -0.287 e. The number of carbonyl (C=O) groups excluding carboxylic acids is 1. The van der Waals surface area contributed by atoms with E-state index in [0.29, 0.717) is 11.3 Å². The second-order valence-electron chi connectivity index (χ2n) is 2.48. The van der Waals surface area contributed by atoms with E-state index in [9.17, 15) is 4.79 Å². The number of hydrogen-bond acceptors (Lipinski definition) is 2. The molecular weight excluding hydrogens is 140 g/mol. The third kappa shape index (κ3) is 1.55. The maximum atomic E-state index is 11.2. The molecule has 0 aliphatic heterocycles. The van der Waals surface area contributed by atoms with Crippen molar-refractivity contribution in [3.05, 3.63) is 30.1 Å². The summed E-state index contributed by atoms with van der Waals surface area (Å²) in [5, 5.41) is 3.94. The first-order valence-electron chi connectivity index (χ1n) is 3.31. The number of aryl methyl sites for hydroxylation is 1. The number of allylic oxidation sites excluding steroid dienone is 1. The Hall–Kier alpha value is -1.38. The standard InChI is InChI=1S/C8H10N2O/c1-6(2)8(11)7-4-5-10(3)9-7/h4-5H,1H2,2-3H3. The molecular formula is C8H10N2O. The largest absolute Gasteiger partial charge is 0.287 e. The van der Waals surface area contributed by atoms with Crippen LogP contribution in [0.2, 0.25) is 0 Å². The zero-order valence-electron chi connectivity index (χ0n) is 6.66. The number of nitrogens with zero attached hydrogens (tertiary/aromatic N) is 2. The predicted molar refractivity (Wildman–Crippen MR) is 42.4 cm³/mol. The molecule has 1 aromatic rings. The van der Waals surface area contributed by atoms with E-state index in [2.05, 4.69) is 11.7 Å². The van der Waals surface area contributed by atoms with Crippen LogP contribution in [0.1, 0.15) is 17.4 Å². The quantitative estimate of drug-likeness (QED) is 0.468. The Balaban J connectivity index is 2.94. The summed E-state index contributed by atoms with van der Waals surface area (Å²) in [5.41, 5.74) is 0.976. The molecule has 0 atom stereocenters. The van der Waals surface area contributed by atoms with E-state index in [1.807, 2.05) is 0 Å². The smallest absolute Gasteiger partial charge is 0.208 e. The van der Waals surface area contributed by atoms with Gasteiger partial charge in [-0.1, -0.05) is 6.58 Å². The van der Waals surface area contributed by atoms with Crippen molar-refractivity contribution in [3.8, 4) is 0 Å². The lowest BCUT2D eigenvalue weighted by molar-refractivity contribution is 0.102. The van der Waals surface area contributed by atoms with Crippen molar-refractivity contribution in [2.24, 2.45) is 7.05 Å². The number of aromatic nitrogens is 2. The Morgan fingerprint density at radius 1 is 1.73 bits per heavy atom. The van der Waals surface area contributed by atoms with Crippen LogP contribution >= 0.6 is 0 Å². The first kappa shape index (κ1) is 7.72. The summed E-state index contributed by atoms with van der Waals surface area (Å²) < 4.78 is 1.59. The Bertz CT molecular complexity index is 299. The molecule has 58 valence electrons. The number of ketones is 1. The SMILES string of the molecule is C=C(C)C(=O)c1ccn(C)n1. The number of Topliss-reactive ketones (excluding diaryl/α,β-unsaturated/α-hetero) is 1. The molecule has 1 aromatic heterocycles. The van der Waals surface area contributed by atoms with Gasteiger partial charge in [0.1, 0.15) is 5.69 Å². The van der Waals surface area contributed by atoms with Crippen LogP contribution in [0.4, 0.5) is 0 Å². The van der Waals surface area contributed by atoms with Gasteiger partial charge in [-0.05, 0) is 18.6 Å². The van der Waals surface area contributed by atoms with Gasteiger partial charge in [0.25, 0.3) is 0 Å². The van der Waals surface area contributed by atoms with Crippen molar-refractivity contribution in [3.63, 3.8) is 0 Å². The normalized spacial score (nSPS) is 9.64. The number of carbonyl (C=O) groups is 1. The first-order chi connectivity index (χ1) is 5.11. The van der Waals surface area contributed by atoms with Gasteiger partial charge in [0, 0.05) is 13.2 Å². The molecule has 1 heterocycles. The summed E-state index contributed by atoms with van der Waals surface area (Å²) >= 11 is 0. The molecule has 3 heteroatoms. The molecule has 3 nitrogen and oxygen atoms in total. The lowest BCUT2D eigenvalue weighted by Crippen LogP contribution is -2.01. The molecule has 0 unspecified atom stereocenters. The Kier molecular flexibility index (Phi) is 1.89. The molecule has 0 radical (unpaired) electrons. The second kappa shape index (κ2) is 2.70. The van der Waals surface area contributed by atoms with Crippen molar-refractivity contribution in [1.82, 2.24) is 9.78 Å². The number of rotatable bonds is 2. The van der Waals surface area contributed by atoms with E-state index in [1.165, 1.54) is 0 Å². The maximum absolute atomic E-state index is 11.2. The molecule has 0 spiro atoms. The zero-order valence-corrected chi connectivity index (χ0v) is 6.66. The molecule has 0 bridgehead atoms. The van der Waals surface area contributed by atoms with Crippen LogP contribution in [0.3, 0.4) is 0 Å². The zero-order chi connectivity index (χ0) is 8.43. The highest BCUT2D eigenvalue weighted by Gasteiger charge is 2.07. The van der Waals surface area contributed by atoms with Gasteiger partial charge in [0.05, 0.1) is 0 Å². The summed E-state index contributed by atoms with van der Waals surface area (Å²) in [6.07, 6.45) is 1.73. The van der Waals surface area contributed by atoms with Gasteiger partial charge in [-0.25, -0.2) is 0 Å². The lowest BCUT2D eigenvalue weighted by Gasteiger charge is -1.91. The van der Waals surface area contributed by atoms with Gasteiger partial charge in [0.15, 0.2) is 0 Å². The third-order valence-electron chi connectivity index (χ3n) is 1.33. The Labute approximate surface area is 65.3 Å². The van der Waals surface area contributed by atoms with Crippen molar-refractivity contribution in [1.29, 1.82) is 0 Å². The van der Waals surface area contributed by atoms with Gasteiger partial charge in [-0.3, -0.25) is 9.48 Å². The Morgan fingerprint density at radius 2 is 2.36 bits per heavy atom. The van der Waals surface area contributed by atoms with Gasteiger partial charge in [-0.15, -0.1) is 0 Å². The highest BCUT2D eigenvalue weighted by molar-refractivity contribution is 6.06. The van der Waals surface area contributed by atoms with Crippen LogP contribution in [0.15, 0.2) is 24.4 Å². The monoisotopic (exact) mass is 150 g/mol. The fraction of sp³-hybridized carbons (Fsp3) is 0.250. The molecule has 1 rings (SSSR count).